The highest BCUT2D eigenvalue weighted by molar-refractivity contribution is 7.99. The van der Waals surface area contributed by atoms with Gasteiger partial charge in [-0.05, 0) is 68.4 Å². The molecule has 0 nitrogen and oxygen atoms in total. The fourth-order valence-corrected chi connectivity index (χ4v) is 5.56. The molecule has 0 unspecified atom stereocenters. The Morgan fingerprint density at radius 1 is 0.630 bits per heavy atom. The van der Waals surface area contributed by atoms with Crippen LogP contribution in [0.4, 0.5) is 0 Å². The predicted octanol–water partition coefficient (Wildman–Crippen LogP) is 7.86. The summed E-state index contributed by atoms with van der Waals surface area (Å²) in [6.45, 7) is 4.51. The SMILES string of the molecule is CCc1ccccc1Sc1c(CC)cc2ccc3cccc4ccc1c2c34. The summed E-state index contributed by atoms with van der Waals surface area (Å²) in [5.74, 6) is 0. The lowest BCUT2D eigenvalue weighted by atomic mass is 9.92. The molecule has 0 amide bonds. The molecule has 0 aromatic heterocycles. The van der Waals surface area contributed by atoms with Gasteiger partial charge in [-0.3, -0.25) is 0 Å². The Kier molecular flexibility index (Phi) is 4.06. The monoisotopic (exact) mass is 366 g/mol. The largest absolute Gasteiger partial charge is 0.0889 e. The van der Waals surface area contributed by atoms with E-state index in [1.807, 2.05) is 11.8 Å². The molecule has 132 valence electrons. The molecule has 0 heterocycles. The van der Waals surface area contributed by atoms with Crippen molar-refractivity contribution >= 4 is 44.1 Å². The van der Waals surface area contributed by atoms with Crippen LogP contribution >= 0.6 is 11.8 Å². The number of hydrogen-bond donors (Lipinski definition) is 0. The summed E-state index contributed by atoms with van der Waals surface area (Å²) in [6.07, 6.45) is 2.11. The smallest absolute Gasteiger partial charge is 0.0233 e. The molecular formula is C26H22S. The van der Waals surface area contributed by atoms with Gasteiger partial charge >= 0.3 is 0 Å². The number of hydrogen-bond acceptors (Lipinski definition) is 1. The van der Waals surface area contributed by atoms with Crippen molar-refractivity contribution < 1.29 is 0 Å². The van der Waals surface area contributed by atoms with E-state index >= 15 is 0 Å². The minimum Gasteiger partial charge on any atom is -0.0889 e. The molecule has 5 rings (SSSR count). The van der Waals surface area contributed by atoms with Gasteiger partial charge in [-0.2, -0.15) is 0 Å². The van der Waals surface area contributed by atoms with Crippen molar-refractivity contribution in [2.24, 2.45) is 0 Å². The molecule has 0 fully saturated rings. The van der Waals surface area contributed by atoms with Crippen molar-refractivity contribution in [2.45, 2.75) is 36.5 Å². The van der Waals surface area contributed by atoms with Gasteiger partial charge in [0, 0.05) is 9.79 Å². The minimum atomic E-state index is 1.05. The number of benzene rings is 5. The Balaban J connectivity index is 1.85. The Bertz CT molecular complexity index is 1250. The first-order valence-corrected chi connectivity index (χ1v) is 10.6. The van der Waals surface area contributed by atoms with E-state index in [0.29, 0.717) is 0 Å². The molecule has 5 aromatic carbocycles. The van der Waals surface area contributed by atoms with Crippen LogP contribution in [0.1, 0.15) is 25.0 Å². The first-order valence-electron chi connectivity index (χ1n) is 9.75. The summed E-state index contributed by atoms with van der Waals surface area (Å²) >= 11 is 1.94. The molecule has 0 saturated carbocycles. The van der Waals surface area contributed by atoms with Crippen molar-refractivity contribution in [3.8, 4) is 0 Å². The van der Waals surface area contributed by atoms with Crippen molar-refractivity contribution in [2.75, 3.05) is 0 Å². The van der Waals surface area contributed by atoms with Crippen LogP contribution in [0.5, 0.6) is 0 Å². The van der Waals surface area contributed by atoms with Crippen molar-refractivity contribution in [1.82, 2.24) is 0 Å². The highest BCUT2D eigenvalue weighted by atomic mass is 32.2. The molecule has 0 atom stereocenters. The lowest BCUT2D eigenvalue weighted by Gasteiger charge is -2.18. The summed E-state index contributed by atoms with van der Waals surface area (Å²) in [5, 5.41) is 8.24. The van der Waals surface area contributed by atoms with Crippen LogP contribution in [0, 0.1) is 0 Å². The van der Waals surface area contributed by atoms with Crippen LogP contribution in [-0.2, 0) is 12.8 Å². The Morgan fingerprint density at radius 2 is 1.33 bits per heavy atom. The second-order valence-electron chi connectivity index (χ2n) is 7.14. The zero-order chi connectivity index (χ0) is 18.4. The van der Waals surface area contributed by atoms with Crippen molar-refractivity contribution in [3.63, 3.8) is 0 Å². The molecule has 0 radical (unpaired) electrons. The van der Waals surface area contributed by atoms with E-state index < -0.39 is 0 Å². The van der Waals surface area contributed by atoms with Gasteiger partial charge in [-0.25, -0.2) is 0 Å². The Labute approximate surface area is 164 Å². The molecule has 0 bridgehead atoms. The molecule has 27 heavy (non-hydrogen) atoms. The molecule has 0 saturated heterocycles. The van der Waals surface area contributed by atoms with Crippen LogP contribution in [0.3, 0.4) is 0 Å². The van der Waals surface area contributed by atoms with Crippen LogP contribution in [0.25, 0.3) is 32.3 Å². The van der Waals surface area contributed by atoms with Gasteiger partial charge in [0.15, 0.2) is 0 Å². The lowest BCUT2D eigenvalue weighted by molar-refractivity contribution is 1.07. The Morgan fingerprint density at radius 3 is 2.11 bits per heavy atom. The van der Waals surface area contributed by atoms with Gasteiger partial charge < -0.3 is 0 Å². The van der Waals surface area contributed by atoms with Crippen molar-refractivity contribution in [3.05, 3.63) is 83.9 Å². The highest BCUT2D eigenvalue weighted by Crippen LogP contribution is 2.43. The first-order chi connectivity index (χ1) is 13.3. The maximum Gasteiger partial charge on any atom is 0.0233 e. The predicted molar refractivity (Wildman–Crippen MR) is 119 cm³/mol. The van der Waals surface area contributed by atoms with E-state index in [9.17, 15) is 0 Å². The third-order valence-electron chi connectivity index (χ3n) is 5.62. The first kappa shape index (κ1) is 16.6. The third kappa shape index (κ3) is 2.61. The maximum atomic E-state index is 2.41. The van der Waals surface area contributed by atoms with E-state index in [2.05, 4.69) is 86.6 Å². The average Bonchev–Trinajstić information content (AvgIpc) is 2.73. The summed E-state index contributed by atoms with van der Waals surface area (Å²) in [5.41, 5.74) is 2.87. The number of rotatable bonds is 4. The summed E-state index contributed by atoms with van der Waals surface area (Å²) in [4.78, 5) is 2.80. The van der Waals surface area contributed by atoms with Crippen LogP contribution in [0.2, 0.25) is 0 Å². The molecule has 0 aliphatic rings. The topological polar surface area (TPSA) is 0 Å². The van der Waals surface area contributed by atoms with Gasteiger partial charge in [-0.15, -0.1) is 0 Å². The van der Waals surface area contributed by atoms with Gasteiger partial charge in [0.05, 0.1) is 0 Å². The highest BCUT2D eigenvalue weighted by Gasteiger charge is 2.15. The van der Waals surface area contributed by atoms with E-state index in [-0.39, 0.29) is 0 Å². The molecule has 0 aliphatic carbocycles. The van der Waals surface area contributed by atoms with Crippen molar-refractivity contribution in [1.29, 1.82) is 0 Å². The Hall–Kier alpha value is -2.51. The standard InChI is InChI=1S/C26H22S/c1-3-17-8-5-6-11-23(17)27-26-18(4-2)16-21-13-12-19-9-7-10-20-14-15-22(26)25(21)24(19)20/h5-16H,3-4H2,1-2H3. The van der Waals surface area contributed by atoms with Gasteiger partial charge in [0.2, 0.25) is 0 Å². The minimum absolute atomic E-state index is 1.05. The van der Waals surface area contributed by atoms with Crippen LogP contribution in [-0.4, -0.2) is 0 Å². The third-order valence-corrected chi connectivity index (χ3v) is 6.93. The zero-order valence-corrected chi connectivity index (χ0v) is 16.6. The van der Waals surface area contributed by atoms with E-state index in [1.54, 1.807) is 0 Å². The van der Waals surface area contributed by atoms with Gasteiger partial charge in [-0.1, -0.05) is 86.3 Å². The normalized spacial score (nSPS) is 11.8. The molecule has 0 N–H and O–H groups in total. The summed E-state index contributed by atoms with van der Waals surface area (Å²) < 4.78 is 0. The lowest BCUT2D eigenvalue weighted by Crippen LogP contribution is -1.93. The molecular weight excluding hydrogens is 344 g/mol. The fourth-order valence-electron chi connectivity index (χ4n) is 4.23. The van der Waals surface area contributed by atoms with Crippen LogP contribution in [0.15, 0.2) is 82.6 Å². The van der Waals surface area contributed by atoms with Gasteiger partial charge in [0.25, 0.3) is 0 Å². The fraction of sp³-hybridized carbons (Fsp3) is 0.154. The van der Waals surface area contributed by atoms with Crippen LogP contribution < -0.4 is 0 Å². The van der Waals surface area contributed by atoms with E-state index in [0.717, 1.165) is 12.8 Å². The molecule has 5 aromatic rings. The summed E-state index contributed by atoms with van der Waals surface area (Å²) in [6, 6.07) is 27.0. The van der Waals surface area contributed by atoms with Gasteiger partial charge in [0.1, 0.15) is 0 Å². The second-order valence-corrected chi connectivity index (χ2v) is 8.19. The second kappa shape index (κ2) is 6.58. The quantitative estimate of drug-likeness (QED) is 0.292. The maximum absolute atomic E-state index is 2.41. The number of aryl methyl sites for hydroxylation is 2. The molecule has 0 aliphatic heterocycles. The zero-order valence-electron chi connectivity index (χ0n) is 15.8. The van der Waals surface area contributed by atoms with E-state index in [4.69, 9.17) is 0 Å². The van der Waals surface area contributed by atoms with E-state index in [1.165, 1.54) is 53.2 Å². The molecule has 0 spiro atoms. The average molecular weight is 367 g/mol. The molecule has 1 heteroatoms. The summed E-state index contributed by atoms with van der Waals surface area (Å²) in [7, 11) is 0.